The molecule has 0 unspecified atom stereocenters. The van der Waals surface area contributed by atoms with E-state index in [0.717, 1.165) is 24.0 Å². The van der Waals surface area contributed by atoms with E-state index in [9.17, 15) is 13.2 Å². The van der Waals surface area contributed by atoms with Crippen LogP contribution >= 0.6 is 0 Å². The summed E-state index contributed by atoms with van der Waals surface area (Å²) in [5.74, 6) is 0.741. The average Bonchev–Trinajstić information content (AvgIpc) is 3.30. The van der Waals surface area contributed by atoms with Gasteiger partial charge in [0.15, 0.2) is 5.65 Å². The van der Waals surface area contributed by atoms with Crippen LogP contribution in [0.2, 0.25) is 0 Å². The van der Waals surface area contributed by atoms with Gasteiger partial charge in [0.2, 0.25) is 0 Å². The Bertz CT molecular complexity index is 1480. The quantitative estimate of drug-likeness (QED) is 0.330. The van der Waals surface area contributed by atoms with Gasteiger partial charge in [-0.15, -0.1) is 0 Å². The molecule has 8 nitrogen and oxygen atoms in total. The molecule has 1 fully saturated rings. The average molecular weight is 505 g/mol. The standard InChI is InChI=1S/C27H28N4O4S/c1-19-8-10-23(11-9-19)36(33,34)31-13-12-24-26(28-18-29-27(24)31)30(2)22-14-21(15-22)16-25(32)35-17-20-6-4-3-5-7-20/h3-13,18,21-22H,14-17H2,1-2H3. The Balaban J connectivity index is 1.25. The molecule has 0 spiro atoms. The SMILES string of the molecule is Cc1ccc(S(=O)(=O)n2ccc3c(N(C)C4CC(CC(=O)OCc5ccccc5)C4)ncnc32)cc1. The number of rotatable bonds is 8. The summed E-state index contributed by atoms with van der Waals surface area (Å²) in [6.07, 6.45) is 4.99. The van der Waals surface area contributed by atoms with E-state index in [0.29, 0.717) is 23.3 Å². The second-order valence-corrected chi connectivity index (χ2v) is 11.1. The molecule has 1 aliphatic carbocycles. The minimum absolute atomic E-state index is 0.187. The zero-order valence-corrected chi connectivity index (χ0v) is 21.1. The van der Waals surface area contributed by atoms with Crippen molar-refractivity contribution in [3.05, 3.63) is 84.3 Å². The topological polar surface area (TPSA) is 94.4 Å². The van der Waals surface area contributed by atoms with Crippen LogP contribution < -0.4 is 4.90 Å². The zero-order chi connectivity index (χ0) is 25.3. The van der Waals surface area contributed by atoms with E-state index in [-0.39, 0.29) is 29.4 Å². The maximum atomic E-state index is 13.2. The number of ether oxygens (including phenoxy) is 1. The number of fused-ring (bicyclic) bond motifs is 1. The van der Waals surface area contributed by atoms with Crippen LogP contribution in [0.25, 0.3) is 11.0 Å². The van der Waals surface area contributed by atoms with Crippen molar-refractivity contribution in [3.8, 4) is 0 Å². The molecule has 0 atom stereocenters. The molecule has 0 amide bonds. The Kier molecular flexibility index (Phi) is 6.49. The highest BCUT2D eigenvalue weighted by atomic mass is 32.2. The normalized spacial score (nSPS) is 17.5. The maximum absolute atomic E-state index is 13.2. The fourth-order valence-corrected chi connectivity index (χ4v) is 5.90. The number of esters is 1. The van der Waals surface area contributed by atoms with Gasteiger partial charge in [0.05, 0.1) is 10.3 Å². The van der Waals surface area contributed by atoms with Gasteiger partial charge < -0.3 is 9.64 Å². The summed E-state index contributed by atoms with van der Waals surface area (Å²) in [5, 5.41) is 0.668. The van der Waals surface area contributed by atoms with E-state index in [2.05, 4.69) is 14.9 Å². The summed E-state index contributed by atoms with van der Waals surface area (Å²) in [6, 6.07) is 18.3. The third kappa shape index (κ3) is 4.70. The Hall–Kier alpha value is -3.72. The molecule has 0 N–H and O–H groups in total. The first-order valence-corrected chi connectivity index (χ1v) is 13.3. The molecule has 0 saturated heterocycles. The largest absolute Gasteiger partial charge is 0.461 e. The minimum Gasteiger partial charge on any atom is -0.461 e. The molecule has 1 saturated carbocycles. The van der Waals surface area contributed by atoms with Crippen molar-refractivity contribution in [2.24, 2.45) is 5.92 Å². The molecule has 0 radical (unpaired) electrons. The first kappa shape index (κ1) is 24.0. The lowest BCUT2D eigenvalue weighted by Crippen LogP contribution is -2.43. The van der Waals surface area contributed by atoms with Gasteiger partial charge in [-0.05, 0) is 49.4 Å². The molecule has 2 aromatic heterocycles. The van der Waals surface area contributed by atoms with Crippen LogP contribution in [0, 0.1) is 12.8 Å². The van der Waals surface area contributed by atoms with Crippen LogP contribution in [0.3, 0.4) is 0 Å². The summed E-state index contributed by atoms with van der Waals surface area (Å²) in [7, 11) is -1.84. The zero-order valence-electron chi connectivity index (χ0n) is 20.2. The first-order chi connectivity index (χ1) is 17.3. The molecule has 4 aromatic rings. The van der Waals surface area contributed by atoms with Gasteiger partial charge in [-0.25, -0.2) is 22.4 Å². The van der Waals surface area contributed by atoms with Gasteiger partial charge in [-0.1, -0.05) is 48.0 Å². The van der Waals surface area contributed by atoms with Crippen molar-refractivity contribution in [2.45, 2.75) is 43.7 Å². The Labute approximate surface area is 210 Å². The van der Waals surface area contributed by atoms with E-state index < -0.39 is 10.0 Å². The van der Waals surface area contributed by atoms with E-state index >= 15 is 0 Å². The second kappa shape index (κ2) is 9.73. The van der Waals surface area contributed by atoms with Crippen LogP contribution in [-0.4, -0.2) is 41.4 Å². The maximum Gasteiger partial charge on any atom is 0.306 e. The number of hydrogen-bond acceptors (Lipinski definition) is 7. The summed E-state index contributed by atoms with van der Waals surface area (Å²) >= 11 is 0. The molecule has 2 aromatic carbocycles. The fraction of sp³-hybridized carbons (Fsp3) is 0.296. The van der Waals surface area contributed by atoms with Crippen LogP contribution in [-0.2, 0) is 26.2 Å². The summed E-state index contributed by atoms with van der Waals surface area (Å²) < 4.78 is 33.1. The summed E-state index contributed by atoms with van der Waals surface area (Å²) in [6.45, 7) is 2.20. The Morgan fingerprint density at radius 1 is 1.06 bits per heavy atom. The number of anilines is 1. The van der Waals surface area contributed by atoms with Crippen molar-refractivity contribution in [1.82, 2.24) is 13.9 Å². The van der Waals surface area contributed by atoms with Crippen molar-refractivity contribution >= 4 is 32.8 Å². The van der Waals surface area contributed by atoms with Crippen LogP contribution in [0.4, 0.5) is 5.82 Å². The number of benzene rings is 2. The van der Waals surface area contributed by atoms with Gasteiger partial charge in [0.1, 0.15) is 18.8 Å². The van der Waals surface area contributed by atoms with Gasteiger partial charge in [-0.3, -0.25) is 4.79 Å². The smallest absolute Gasteiger partial charge is 0.306 e. The van der Waals surface area contributed by atoms with Crippen molar-refractivity contribution < 1.29 is 17.9 Å². The lowest BCUT2D eigenvalue weighted by atomic mass is 9.77. The van der Waals surface area contributed by atoms with E-state index in [1.807, 2.05) is 44.3 Å². The van der Waals surface area contributed by atoms with Crippen molar-refractivity contribution in [1.29, 1.82) is 0 Å². The Morgan fingerprint density at radius 2 is 1.78 bits per heavy atom. The lowest BCUT2D eigenvalue weighted by molar-refractivity contribution is -0.146. The highest BCUT2D eigenvalue weighted by molar-refractivity contribution is 7.90. The second-order valence-electron chi connectivity index (χ2n) is 9.32. The number of nitrogens with zero attached hydrogens (tertiary/aromatic N) is 4. The first-order valence-electron chi connectivity index (χ1n) is 11.9. The number of carbonyl (C=O) groups excluding carboxylic acids is 1. The third-order valence-electron chi connectivity index (χ3n) is 6.80. The predicted octanol–water partition coefficient (Wildman–Crippen LogP) is 4.33. The van der Waals surface area contributed by atoms with Crippen molar-refractivity contribution in [2.75, 3.05) is 11.9 Å². The number of hydrogen-bond donors (Lipinski definition) is 0. The molecule has 2 heterocycles. The van der Waals surface area contributed by atoms with Crippen molar-refractivity contribution in [3.63, 3.8) is 0 Å². The Morgan fingerprint density at radius 3 is 2.50 bits per heavy atom. The van der Waals surface area contributed by atoms with Crippen LogP contribution in [0.1, 0.15) is 30.4 Å². The molecule has 0 aliphatic heterocycles. The molecule has 5 rings (SSSR count). The monoisotopic (exact) mass is 504 g/mol. The molecule has 36 heavy (non-hydrogen) atoms. The molecule has 186 valence electrons. The van der Waals surface area contributed by atoms with E-state index in [1.165, 1.54) is 16.5 Å². The predicted molar refractivity (Wildman–Crippen MR) is 137 cm³/mol. The molecule has 9 heteroatoms. The van der Waals surface area contributed by atoms with Crippen LogP contribution in [0.5, 0.6) is 0 Å². The van der Waals surface area contributed by atoms with Gasteiger partial charge in [-0.2, -0.15) is 0 Å². The van der Waals surface area contributed by atoms with Gasteiger partial charge in [0.25, 0.3) is 10.0 Å². The molecule has 0 bridgehead atoms. The van der Waals surface area contributed by atoms with Crippen LogP contribution in [0.15, 0.2) is 78.1 Å². The van der Waals surface area contributed by atoms with E-state index in [4.69, 9.17) is 4.74 Å². The third-order valence-corrected chi connectivity index (χ3v) is 8.48. The summed E-state index contributed by atoms with van der Waals surface area (Å²) in [5.41, 5.74) is 2.30. The number of carbonyl (C=O) groups is 1. The van der Waals surface area contributed by atoms with Gasteiger partial charge >= 0.3 is 5.97 Å². The molecule has 1 aliphatic rings. The summed E-state index contributed by atoms with van der Waals surface area (Å²) in [4.78, 5) is 23.3. The van der Waals surface area contributed by atoms with Gasteiger partial charge in [0, 0.05) is 25.7 Å². The fourth-order valence-electron chi connectivity index (χ4n) is 4.60. The highest BCUT2D eigenvalue weighted by Gasteiger charge is 2.35. The lowest BCUT2D eigenvalue weighted by Gasteiger charge is -2.41. The number of aromatic nitrogens is 3. The van der Waals surface area contributed by atoms with E-state index in [1.54, 1.807) is 30.3 Å². The number of aryl methyl sites for hydroxylation is 1. The molecular weight excluding hydrogens is 476 g/mol. The highest BCUT2D eigenvalue weighted by Crippen LogP contribution is 2.37. The molecular formula is C27H28N4O4S. The minimum atomic E-state index is -3.78.